The van der Waals surface area contributed by atoms with Gasteiger partial charge in [0.25, 0.3) is 0 Å². The third kappa shape index (κ3) is 1.92. The minimum atomic E-state index is -0.222. The van der Waals surface area contributed by atoms with Crippen LogP contribution in [0.1, 0.15) is 84.5 Å². The third-order valence-corrected chi connectivity index (χ3v) is 10.1. The molecule has 6 fully saturated rings. The zero-order valence-corrected chi connectivity index (χ0v) is 16.8. The Hall–Kier alpha value is -0.790. The van der Waals surface area contributed by atoms with Gasteiger partial charge in [0.05, 0.1) is 0 Å². The minimum Gasteiger partial charge on any atom is -0.455 e. The van der Waals surface area contributed by atoms with Crippen molar-refractivity contribution >= 4 is 5.97 Å². The number of carbonyl (C=O) groups is 1. The maximum absolute atomic E-state index is 12.4. The Labute approximate surface area is 159 Å². The number of esters is 1. The van der Waals surface area contributed by atoms with Gasteiger partial charge in [0.15, 0.2) is 0 Å². The average molecular weight is 357 g/mol. The zero-order chi connectivity index (χ0) is 18.2. The van der Waals surface area contributed by atoms with Gasteiger partial charge < -0.3 is 4.74 Å². The van der Waals surface area contributed by atoms with E-state index in [1.165, 1.54) is 63.9 Å². The van der Waals surface area contributed by atoms with Crippen molar-refractivity contribution in [3.63, 3.8) is 0 Å². The van der Waals surface area contributed by atoms with Crippen molar-refractivity contribution in [2.24, 2.45) is 40.4 Å². The van der Waals surface area contributed by atoms with Crippen LogP contribution in [-0.2, 0) is 9.53 Å². The number of hydrogen-bond acceptors (Lipinski definition) is 2. The van der Waals surface area contributed by atoms with Crippen molar-refractivity contribution in [1.82, 2.24) is 0 Å². The first-order chi connectivity index (χ1) is 12.5. The van der Waals surface area contributed by atoms with E-state index >= 15 is 0 Å². The summed E-state index contributed by atoms with van der Waals surface area (Å²) in [6.45, 7) is 8.42. The molecule has 0 amide bonds. The second-order valence-corrected chi connectivity index (χ2v) is 10.6. The molecule has 6 rings (SSSR count). The Morgan fingerprint density at radius 1 is 1.08 bits per heavy atom. The standard InChI is InChI=1S/C24H36O2/c1-4-20-19-10-17-9-18(11-19)13-22(20,12-17)23-8-7-16(14-23)15-24(23,6-3)26-21(25)5-2/h5,16-20H,2,4,6-15H2,1,3H3. The fourth-order valence-corrected chi connectivity index (χ4v) is 9.85. The van der Waals surface area contributed by atoms with E-state index in [0.29, 0.717) is 5.41 Å². The Morgan fingerprint density at radius 3 is 2.38 bits per heavy atom. The summed E-state index contributed by atoms with van der Waals surface area (Å²) < 4.78 is 6.36. The van der Waals surface area contributed by atoms with Gasteiger partial charge in [-0.25, -0.2) is 4.79 Å². The van der Waals surface area contributed by atoms with Crippen LogP contribution in [0.25, 0.3) is 0 Å². The van der Waals surface area contributed by atoms with Crippen molar-refractivity contribution in [3.05, 3.63) is 12.7 Å². The molecule has 26 heavy (non-hydrogen) atoms. The monoisotopic (exact) mass is 356 g/mol. The lowest BCUT2D eigenvalue weighted by Crippen LogP contribution is -2.65. The summed E-state index contributed by atoms with van der Waals surface area (Å²) in [6, 6.07) is 0. The van der Waals surface area contributed by atoms with E-state index in [9.17, 15) is 4.79 Å². The molecule has 6 saturated carbocycles. The molecule has 2 nitrogen and oxygen atoms in total. The lowest BCUT2D eigenvalue weighted by Gasteiger charge is -2.70. The van der Waals surface area contributed by atoms with Gasteiger partial charge in [-0.15, -0.1) is 0 Å². The van der Waals surface area contributed by atoms with Crippen LogP contribution in [0.5, 0.6) is 0 Å². The summed E-state index contributed by atoms with van der Waals surface area (Å²) in [5, 5.41) is 0. The molecule has 0 aromatic rings. The van der Waals surface area contributed by atoms with E-state index in [1.54, 1.807) is 0 Å². The molecule has 0 spiro atoms. The Morgan fingerprint density at radius 2 is 1.81 bits per heavy atom. The summed E-state index contributed by atoms with van der Waals surface area (Å²) in [7, 11) is 0. The first-order valence-corrected chi connectivity index (χ1v) is 11.4. The first-order valence-electron chi connectivity index (χ1n) is 11.4. The lowest BCUT2D eigenvalue weighted by molar-refractivity contribution is -0.244. The SMILES string of the molecule is C=CC(=O)OC1(CC)CC2CCC1(C13CC4CC(CC(C4)C1CC)C3)C2. The molecular weight excluding hydrogens is 320 g/mol. The normalized spacial score (nSPS) is 53.8. The number of hydrogen-bond donors (Lipinski definition) is 0. The largest absolute Gasteiger partial charge is 0.455 e. The maximum Gasteiger partial charge on any atom is 0.330 e. The molecule has 0 saturated heterocycles. The topological polar surface area (TPSA) is 26.3 Å². The van der Waals surface area contributed by atoms with Crippen molar-refractivity contribution in [3.8, 4) is 0 Å². The first kappa shape index (κ1) is 17.3. The van der Waals surface area contributed by atoms with Gasteiger partial charge in [-0.3, -0.25) is 0 Å². The smallest absolute Gasteiger partial charge is 0.330 e. The molecule has 6 unspecified atom stereocenters. The van der Waals surface area contributed by atoms with E-state index in [2.05, 4.69) is 20.4 Å². The maximum atomic E-state index is 12.4. The second kappa shape index (κ2) is 5.61. The van der Waals surface area contributed by atoms with Crippen LogP contribution in [-0.4, -0.2) is 11.6 Å². The van der Waals surface area contributed by atoms with Gasteiger partial charge >= 0.3 is 5.97 Å². The van der Waals surface area contributed by atoms with E-state index in [4.69, 9.17) is 4.74 Å². The number of carbonyl (C=O) groups excluding carboxylic acids is 1. The van der Waals surface area contributed by atoms with Gasteiger partial charge in [0, 0.05) is 11.5 Å². The predicted octanol–water partition coefficient (Wildman–Crippen LogP) is 5.91. The van der Waals surface area contributed by atoms with Crippen molar-refractivity contribution in [2.75, 3.05) is 0 Å². The van der Waals surface area contributed by atoms with Crippen molar-refractivity contribution in [2.45, 2.75) is 90.1 Å². The van der Waals surface area contributed by atoms with Crippen LogP contribution in [0, 0.1) is 40.4 Å². The average Bonchev–Trinajstić information content (AvgIpc) is 3.19. The molecule has 0 heterocycles. The van der Waals surface area contributed by atoms with Gasteiger partial charge in [-0.05, 0) is 99.2 Å². The van der Waals surface area contributed by atoms with Crippen LogP contribution in [0.3, 0.4) is 0 Å². The van der Waals surface area contributed by atoms with Crippen LogP contribution in [0.4, 0.5) is 0 Å². The van der Waals surface area contributed by atoms with Crippen LogP contribution >= 0.6 is 0 Å². The Kier molecular flexibility index (Phi) is 3.74. The molecule has 6 bridgehead atoms. The minimum absolute atomic E-state index is 0.184. The van der Waals surface area contributed by atoms with Gasteiger partial charge in [0.2, 0.25) is 0 Å². The summed E-state index contributed by atoms with van der Waals surface area (Å²) >= 11 is 0. The molecule has 0 aliphatic heterocycles. The summed E-state index contributed by atoms with van der Waals surface area (Å²) in [5.74, 6) is 4.31. The molecule has 0 N–H and O–H groups in total. The fraction of sp³-hybridized carbons (Fsp3) is 0.875. The van der Waals surface area contributed by atoms with Crippen LogP contribution in [0.2, 0.25) is 0 Å². The molecule has 2 heteroatoms. The molecule has 0 aromatic heterocycles. The fourth-order valence-electron chi connectivity index (χ4n) is 9.85. The molecule has 0 aromatic carbocycles. The molecule has 0 radical (unpaired) electrons. The number of ether oxygens (including phenoxy) is 1. The third-order valence-electron chi connectivity index (χ3n) is 10.1. The quantitative estimate of drug-likeness (QED) is 0.452. The Bertz CT molecular complexity index is 610. The highest BCUT2D eigenvalue weighted by Gasteiger charge is 2.75. The second-order valence-electron chi connectivity index (χ2n) is 10.6. The van der Waals surface area contributed by atoms with Crippen molar-refractivity contribution in [1.29, 1.82) is 0 Å². The van der Waals surface area contributed by atoms with Crippen LogP contribution < -0.4 is 0 Å². The summed E-state index contributed by atoms with van der Waals surface area (Å²) in [6.07, 6.45) is 16.1. The summed E-state index contributed by atoms with van der Waals surface area (Å²) in [5.41, 5.74) is 0.467. The molecule has 144 valence electrons. The highest BCUT2D eigenvalue weighted by Crippen LogP contribution is 2.79. The number of rotatable bonds is 5. The molecule has 6 atom stereocenters. The predicted molar refractivity (Wildman–Crippen MR) is 103 cm³/mol. The van der Waals surface area contributed by atoms with E-state index in [0.717, 1.165) is 42.4 Å². The zero-order valence-electron chi connectivity index (χ0n) is 16.8. The highest BCUT2D eigenvalue weighted by atomic mass is 16.6. The molecular formula is C24H36O2. The van der Waals surface area contributed by atoms with Crippen molar-refractivity contribution < 1.29 is 9.53 Å². The summed E-state index contributed by atoms with van der Waals surface area (Å²) in [4.78, 5) is 12.4. The van der Waals surface area contributed by atoms with E-state index < -0.39 is 0 Å². The Balaban J connectivity index is 1.63. The van der Waals surface area contributed by atoms with Gasteiger partial charge in [-0.1, -0.05) is 26.8 Å². The molecule has 6 aliphatic carbocycles. The lowest BCUT2D eigenvalue weighted by atomic mass is 9.36. The van der Waals surface area contributed by atoms with Gasteiger partial charge in [0.1, 0.15) is 5.60 Å². The number of fused-ring (bicyclic) bond motifs is 2. The van der Waals surface area contributed by atoms with Crippen LogP contribution in [0.15, 0.2) is 12.7 Å². The highest BCUT2D eigenvalue weighted by molar-refractivity contribution is 5.81. The molecule has 6 aliphatic rings. The van der Waals surface area contributed by atoms with Gasteiger partial charge in [-0.2, -0.15) is 0 Å². The van der Waals surface area contributed by atoms with E-state index in [-0.39, 0.29) is 17.0 Å². The van der Waals surface area contributed by atoms with E-state index in [1.807, 2.05) is 0 Å².